The molecule has 0 radical (unpaired) electrons. The van der Waals surface area contributed by atoms with Gasteiger partial charge in [0.05, 0.1) is 0 Å². The van der Waals surface area contributed by atoms with Crippen LogP contribution in [0.3, 0.4) is 0 Å². The molecule has 0 aliphatic carbocycles. The van der Waals surface area contributed by atoms with Gasteiger partial charge in [-0.3, -0.25) is 4.98 Å². The van der Waals surface area contributed by atoms with Gasteiger partial charge in [0, 0.05) is 12.4 Å². The predicted molar refractivity (Wildman–Crippen MR) is 47.5 cm³/mol. The van der Waals surface area contributed by atoms with Crippen molar-refractivity contribution < 1.29 is 0 Å². The van der Waals surface area contributed by atoms with Crippen LogP contribution in [0.4, 0.5) is 0 Å². The lowest BCUT2D eigenvalue weighted by Gasteiger charge is -2.03. The maximum Gasteiger partial charge on any atom is 0.0270 e. The first-order chi connectivity index (χ1) is 5.34. The van der Waals surface area contributed by atoms with Gasteiger partial charge in [-0.05, 0) is 30.5 Å². The molecule has 1 atom stereocenters. The summed E-state index contributed by atoms with van der Waals surface area (Å²) < 4.78 is 0. The van der Waals surface area contributed by atoms with E-state index in [1.807, 2.05) is 31.5 Å². The van der Waals surface area contributed by atoms with Crippen LogP contribution in [0, 0.1) is 0 Å². The number of hydrogen-bond donors (Lipinski definition) is 0. The lowest BCUT2D eigenvalue weighted by Crippen LogP contribution is -1.87. The standard InChI is InChI=1S/C10H13N/c1-3-4-9(2)10-5-7-11-8-6-10/h3-9H,1-2H3/b4-3-. The van der Waals surface area contributed by atoms with E-state index >= 15 is 0 Å². The second-order valence-electron chi connectivity index (χ2n) is 2.60. The third-order valence-electron chi connectivity index (χ3n) is 1.71. The van der Waals surface area contributed by atoms with E-state index in [0.29, 0.717) is 5.92 Å². The summed E-state index contributed by atoms with van der Waals surface area (Å²) in [6, 6.07) is 4.09. The zero-order chi connectivity index (χ0) is 8.10. The monoisotopic (exact) mass is 147 g/mol. The van der Waals surface area contributed by atoms with Crippen LogP contribution in [-0.2, 0) is 0 Å². The highest BCUT2D eigenvalue weighted by Gasteiger charge is 1.97. The van der Waals surface area contributed by atoms with Crippen LogP contribution in [0.2, 0.25) is 0 Å². The molecule has 0 aromatic carbocycles. The fourth-order valence-electron chi connectivity index (χ4n) is 1.07. The Morgan fingerprint density at radius 2 is 2.00 bits per heavy atom. The first kappa shape index (κ1) is 7.99. The number of nitrogens with zero attached hydrogens (tertiary/aromatic N) is 1. The molecule has 1 aromatic heterocycles. The van der Waals surface area contributed by atoms with Gasteiger partial charge < -0.3 is 0 Å². The molecule has 1 heteroatoms. The second kappa shape index (κ2) is 3.91. The highest BCUT2D eigenvalue weighted by Crippen LogP contribution is 2.14. The summed E-state index contributed by atoms with van der Waals surface area (Å²) in [5, 5.41) is 0. The van der Waals surface area contributed by atoms with Crippen LogP contribution in [0.25, 0.3) is 0 Å². The van der Waals surface area contributed by atoms with E-state index in [2.05, 4.69) is 24.1 Å². The topological polar surface area (TPSA) is 12.9 Å². The van der Waals surface area contributed by atoms with Crippen molar-refractivity contribution in [2.24, 2.45) is 0 Å². The molecule has 0 saturated heterocycles. The molecule has 1 heterocycles. The minimum Gasteiger partial charge on any atom is -0.265 e. The molecule has 0 saturated carbocycles. The molecular weight excluding hydrogens is 134 g/mol. The molecule has 0 spiro atoms. The third kappa shape index (κ3) is 2.19. The van der Waals surface area contributed by atoms with Gasteiger partial charge in [-0.2, -0.15) is 0 Å². The summed E-state index contributed by atoms with van der Waals surface area (Å²) in [6.45, 7) is 4.22. The van der Waals surface area contributed by atoms with Crippen molar-refractivity contribution in [3.8, 4) is 0 Å². The fourth-order valence-corrected chi connectivity index (χ4v) is 1.07. The fraction of sp³-hybridized carbons (Fsp3) is 0.300. The van der Waals surface area contributed by atoms with Crippen molar-refractivity contribution in [1.82, 2.24) is 4.98 Å². The molecule has 1 nitrogen and oxygen atoms in total. The third-order valence-corrected chi connectivity index (χ3v) is 1.71. The van der Waals surface area contributed by atoms with Crippen LogP contribution in [0.15, 0.2) is 36.7 Å². The number of hydrogen-bond acceptors (Lipinski definition) is 1. The molecular formula is C10H13N. The molecule has 0 aliphatic rings. The van der Waals surface area contributed by atoms with E-state index in [-0.39, 0.29) is 0 Å². The van der Waals surface area contributed by atoms with E-state index in [0.717, 1.165) is 0 Å². The molecule has 11 heavy (non-hydrogen) atoms. The average Bonchev–Trinajstić information content (AvgIpc) is 2.07. The minimum absolute atomic E-state index is 0.503. The van der Waals surface area contributed by atoms with E-state index in [1.54, 1.807) is 0 Å². The number of pyridine rings is 1. The summed E-state index contributed by atoms with van der Waals surface area (Å²) in [4.78, 5) is 3.96. The van der Waals surface area contributed by atoms with Crippen molar-refractivity contribution in [2.45, 2.75) is 19.8 Å². The highest BCUT2D eigenvalue weighted by atomic mass is 14.6. The van der Waals surface area contributed by atoms with Crippen molar-refractivity contribution in [2.75, 3.05) is 0 Å². The summed E-state index contributed by atoms with van der Waals surface area (Å²) in [5.41, 5.74) is 1.32. The first-order valence-electron chi connectivity index (χ1n) is 3.87. The summed E-state index contributed by atoms with van der Waals surface area (Å²) in [5.74, 6) is 0.503. The highest BCUT2D eigenvalue weighted by molar-refractivity contribution is 5.19. The van der Waals surface area contributed by atoms with Gasteiger partial charge in [-0.1, -0.05) is 19.1 Å². The number of rotatable bonds is 2. The Hall–Kier alpha value is -1.11. The smallest absolute Gasteiger partial charge is 0.0270 e. The van der Waals surface area contributed by atoms with Gasteiger partial charge in [0.15, 0.2) is 0 Å². The van der Waals surface area contributed by atoms with Crippen molar-refractivity contribution in [1.29, 1.82) is 0 Å². The Morgan fingerprint density at radius 1 is 1.36 bits per heavy atom. The van der Waals surface area contributed by atoms with E-state index in [4.69, 9.17) is 0 Å². The number of aromatic nitrogens is 1. The van der Waals surface area contributed by atoms with Gasteiger partial charge >= 0.3 is 0 Å². The normalized spacial score (nSPS) is 13.6. The lowest BCUT2D eigenvalue weighted by molar-refractivity contribution is 0.958. The Bertz CT molecular complexity index is 226. The maximum absolute atomic E-state index is 3.96. The zero-order valence-electron chi connectivity index (χ0n) is 6.99. The van der Waals surface area contributed by atoms with Gasteiger partial charge in [0.1, 0.15) is 0 Å². The second-order valence-corrected chi connectivity index (χ2v) is 2.60. The molecule has 0 N–H and O–H groups in total. The van der Waals surface area contributed by atoms with Crippen LogP contribution >= 0.6 is 0 Å². The SMILES string of the molecule is C/C=C\C(C)c1ccncc1. The van der Waals surface area contributed by atoms with Crippen LogP contribution < -0.4 is 0 Å². The van der Waals surface area contributed by atoms with E-state index in [9.17, 15) is 0 Å². The largest absolute Gasteiger partial charge is 0.265 e. The minimum atomic E-state index is 0.503. The van der Waals surface area contributed by atoms with Crippen LogP contribution in [0.1, 0.15) is 25.3 Å². The quantitative estimate of drug-likeness (QED) is 0.586. The Kier molecular flexibility index (Phi) is 2.84. The molecule has 1 aromatic rings. The Balaban J connectivity index is 2.76. The van der Waals surface area contributed by atoms with Gasteiger partial charge in [0.25, 0.3) is 0 Å². The van der Waals surface area contributed by atoms with Gasteiger partial charge in [0.2, 0.25) is 0 Å². The van der Waals surface area contributed by atoms with Crippen LogP contribution in [0.5, 0.6) is 0 Å². The first-order valence-corrected chi connectivity index (χ1v) is 3.87. The predicted octanol–water partition coefficient (Wildman–Crippen LogP) is 2.76. The average molecular weight is 147 g/mol. The molecule has 0 amide bonds. The molecule has 1 rings (SSSR count). The molecule has 58 valence electrons. The molecule has 0 bridgehead atoms. The van der Waals surface area contributed by atoms with E-state index in [1.165, 1.54) is 5.56 Å². The maximum atomic E-state index is 3.96. The zero-order valence-corrected chi connectivity index (χ0v) is 6.99. The van der Waals surface area contributed by atoms with Crippen LogP contribution in [-0.4, -0.2) is 4.98 Å². The number of allylic oxidation sites excluding steroid dienone is 2. The van der Waals surface area contributed by atoms with Crippen molar-refractivity contribution >= 4 is 0 Å². The molecule has 1 unspecified atom stereocenters. The van der Waals surface area contributed by atoms with Crippen molar-refractivity contribution in [3.63, 3.8) is 0 Å². The summed E-state index contributed by atoms with van der Waals surface area (Å²) in [6.07, 6.45) is 7.91. The summed E-state index contributed by atoms with van der Waals surface area (Å²) in [7, 11) is 0. The van der Waals surface area contributed by atoms with E-state index < -0.39 is 0 Å². The van der Waals surface area contributed by atoms with Gasteiger partial charge in [-0.25, -0.2) is 0 Å². The van der Waals surface area contributed by atoms with Crippen molar-refractivity contribution in [3.05, 3.63) is 42.2 Å². The lowest BCUT2D eigenvalue weighted by atomic mass is 10.0. The summed E-state index contributed by atoms with van der Waals surface area (Å²) >= 11 is 0. The Morgan fingerprint density at radius 3 is 2.55 bits per heavy atom. The molecule has 0 aliphatic heterocycles. The molecule has 0 fully saturated rings. The Labute approximate surface area is 67.8 Å². The van der Waals surface area contributed by atoms with Gasteiger partial charge in [-0.15, -0.1) is 0 Å².